The van der Waals surface area contributed by atoms with Gasteiger partial charge in [0.05, 0.1) is 0 Å². The first-order chi connectivity index (χ1) is 12.2. The van der Waals surface area contributed by atoms with Gasteiger partial charge in [0.15, 0.2) is 5.58 Å². The van der Waals surface area contributed by atoms with Gasteiger partial charge in [-0.3, -0.25) is 4.98 Å². The highest BCUT2D eigenvalue weighted by Crippen LogP contribution is 2.28. The lowest BCUT2D eigenvalue weighted by Crippen LogP contribution is -2.17. The predicted molar refractivity (Wildman–Crippen MR) is 92.7 cm³/mol. The second-order valence-electron chi connectivity index (χ2n) is 6.05. The highest BCUT2D eigenvalue weighted by Gasteiger charge is 2.24. The second-order valence-corrected chi connectivity index (χ2v) is 6.05. The molecule has 1 aromatic carbocycles. The number of para-hydroxylation sites is 2. The average Bonchev–Trinajstić information content (AvgIpc) is 3.26. The Balaban J connectivity index is 1.62. The van der Waals surface area contributed by atoms with Gasteiger partial charge in [0.25, 0.3) is 6.01 Å². The summed E-state index contributed by atoms with van der Waals surface area (Å²) in [5.74, 6) is 1.18. The zero-order valence-electron chi connectivity index (χ0n) is 13.9. The average molecular weight is 335 g/mol. The van der Waals surface area contributed by atoms with Crippen LogP contribution in [0.1, 0.15) is 25.8 Å². The fourth-order valence-electron chi connectivity index (χ4n) is 2.55. The molecule has 3 aromatic heterocycles. The lowest BCUT2D eigenvalue weighted by molar-refractivity contribution is 0.333. The van der Waals surface area contributed by atoms with E-state index in [1.807, 2.05) is 36.4 Å². The fraction of sp³-hybridized carbons (Fsp3) is 0.222. The number of nitrogens with zero attached hydrogens (tertiary/aromatic N) is 4. The van der Waals surface area contributed by atoms with E-state index in [0.29, 0.717) is 17.7 Å². The molecule has 4 rings (SSSR count). The van der Waals surface area contributed by atoms with Gasteiger partial charge >= 0.3 is 0 Å². The van der Waals surface area contributed by atoms with Gasteiger partial charge in [0.2, 0.25) is 11.7 Å². The molecule has 1 N–H and O–H groups in total. The van der Waals surface area contributed by atoms with E-state index in [2.05, 4.69) is 39.3 Å². The Hall–Kier alpha value is -3.22. The zero-order chi connectivity index (χ0) is 17.2. The van der Waals surface area contributed by atoms with E-state index in [-0.39, 0.29) is 12.0 Å². The molecule has 7 nitrogen and oxygen atoms in total. The summed E-state index contributed by atoms with van der Waals surface area (Å²) in [6, 6.07) is 11.6. The summed E-state index contributed by atoms with van der Waals surface area (Å²) >= 11 is 0. The molecular formula is C18H17N5O2. The van der Waals surface area contributed by atoms with E-state index < -0.39 is 0 Å². The number of benzene rings is 1. The number of rotatable bonds is 5. The standard InChI is InChI=1S/C18H17N5O2/c1-11(2)15(21-18-20-13-7-3-4-8-14(13)24-18)17-22-16(23-25-17)12-6-5-9-19-10-12/h3-11,15H,1-2H3,(H,20,21). The summed E-state index contributed by atoms with van der Waals surface area (Å²) < 4.78 is 11.2. The molecule has 0 spiro atoms. The van der Waals surface area contributed by atoms with Crippen LogP contribution >= 0.6 is 0 Å². The van der Waals surface area contributed by atoms with Crippen molar-refractivity contribution in [1.82, 2.24) is 20.1 Å². The van der Waals surface area contributed by atoms with Crippen molar-refractivity contribution in [2.75, 3.05) is 5.32 Å². The van der Waals surface area contributed by atoms with Crippen LogP contribution in [-0.4, -0.2) is 20.1 Å². The number of hydrogen-bond acceptors (Lipinski definition) is 7. The molecular weight excluding hydrogens is 318 g/mol. The number of fused-ring (bicyclic) bond motifs is 1. The Morgan fingerprint density at radius 2 is 1.92 bits per heavy atom. The van der Waals surface area contributed by atoms with Crippen molar-refractivity contribution in [1.29, 1.82) is 0 Å². The molecule has 0 aliphatic heterocycles. The van der Waals surface area contributed by atoms with Crippen molar-refractivity contribution in [2.45, 2.75) is 19.9 Å². The molecule has 0 aliphatic rings. The predicted octanol–water partition coefficient (Wildman–Crippen LogP) is 4.08. The minimum atomic E-state index is -0.217. The summed E-state index contributed by atoms with van der Waals surface area (Å²) in [5, 5.41) is 7.32. The Bertz CT molecular complexity index is 944. The summed E-state index contributed by atoms with van der Waals surface area (Å²) in [5.41, 5.74) is 2.34. The molecule has 126 valence electrons. The van der Waals surface area contributed by atoms with Crippen molar-refractivity contribution in [3.63, 3.8) is 0 Å². The van der Waals surface area contributed by atoms with Crippen LogP contribution < -0.4 is 5.32 Å². The number of oxazole rings is 1. The van der Waals surface area contributed by atoms with Crippen LogP contribution in [-0.2, 0) is 0 Å². The van der Waals surface area contributed by atoms with E-state index in [9.17, 15) is 0 Å². The highest BCUT2D eigenvalue weighted by molar-refractivity contribution is 5.74. The first-order valence-corrected chi connectivity index (χ1v) is 8.07. The van der Waals surface area contributed by atoms with E-state index in [1.165, 1.54) is 0 Å². The van der Waals surface area contributed by atoms with Crippen LogP contribution in [0.15, 0.2) is 57.7 Å². The molecule has 0 saturated heterocycles. The monoisotopic (exact) mass is 335 g/mol. The van der Waals surface area contributed by atoms with Gasteiger partial charge in [0.1, 0.15) is 11.6 Å². The highest BCUT2D eigenvalue weighted by atomic mass is 16.5. The summed E-state index contributed by atoms with van der Waals surface area (Å²) in [6.07, 6.45) is 3.41. The van der Waals surface area contributed by atoms with Gasteiger partial charge < -0.3 is 14.3 Å². The molecule has 0 aliphatic carbocycles. The number of anilines is 1. The maximum absolute atomic E-state index is 5.74. The maximum Gasteiger partial charge on any atom is 0.296 e. The first kappa shape index (κ1) is 15.3. The van der Waals surface area contributed by atoms with E-state index in [0.717, 1.165) is 16.7 Å². The van der Waals surface area contributed by atoms with Crippen LogP contribution in [0, 0.1) is 5.92 Å². The summed E-state index contributed by atoms with van der Waals surface area (Å²) in [4.78, 5) is 13.0. The van der Waals surface area contributed by atoms with Crippen molar-refractivity contribution in [2.24, 2.45) is 5.92 Å². The molecule has 4 aromatic rings. The Morgan fingerprint density at radius 3 is 2.68 bits per heavy atom. The number of pyridine rings is 1. The van der Waals surface area contributed by atoms with Gasteiger partial charge in [-0.2, -0.15) is 9.97 Å². The minimum absolute atomic E-state index is 0.192. The second kappa shape index (κ2) is 6.35. The van der Waals surface area contributed by atoms with Gasteiger partial charge in [-0.25, -0.2) is 0 Å². The molecule has 0 bridgehead atoms. The van der Waals surface area contributed by atoms with Crippen LogP contribution in [0.4, 0.5) is 6.01 Å². The van der Waals surface area contributed by atoms with Crippen LogP contribution in [0.5, 0.6) is 0 Å². The first-order valence-electron chi connectivity index (χ1n) is 8.07. The lowest BCUT2D eigenvalue weighted by Gasteiger charge is -2.16. The Morgan fingerprint density at radius 1 is 1.04 bits per heavy atom. The molecule has 0 fully saturated rings. The molecule has 0 radical (unpaired) electrons. The third-order valence-electron chi connectivity index (χ3n) is 3.87. The SMILES string of the molecule is CC(C)C(Nc1nc2ccccc2o1)c1nc(-c2cccnc2)no1. The Kier molecular flexibility index (Phi) is 3.89. The van der Waals surface area contributed by atoms with Crippen LogP contribution in [0.2, 0.25) is 0 Å². The number of hydrogen-bond donors (Lipinski definition) is 1. The normalized spacial score (nSPS) is 12.6. The van der Waals surface area contributed by atoms with Gasteiger partial charge in [-0.15, -0.1) is 0 Å². The molecule has 0 amide bonds. The molecule has 3 heterocycles. The van der Waals surface area contributed by atoms with Gasteiger partial charge in [-0.1, -0.05) is 31.1 Å². The molecule has 0 saturated carbocycles. The van der Waals surface area contributed by atoms with Crippen molar-refractivity contribution in [3.05, 3.63) is 54.7 Å². The maximum atomic E-state index is 5.74. The lowest BCUT2D eigenvalue weighted by atomic mass is 10.0. The third-order valence-corrected chi connectivity index (χ3v) is 3.87. The van der Waals surface area contributed by atoms with E-state index >= 15 is 0 Å². The number of aromatic nitrogens is 4. The molecule has 7 heteroatoms. The quantitative estimate of drug-likeness (QED) is 0.587. The van der Waals surface area contributed by atoms with Crippen molar-refractivity contribution < 1.29 is 8.94 Å². The topological polar surface area (TPSA) is 89.9 Å². The summed E-state index contributed by atoms with van der Waals surface area (Å²) in [6.45, 7) is 4.13. The summed E-state index contributed by atoms with van der Waals surface area (Å²) in [7, 11) is 0. The third kappa shape index (κ3) is 3.08. The molecule has 25 heavy (non-hydrogen) atoms. The van der Waals surface area contributed by atoms with E-state index in [4.69, 9.17) is 8.94 Å². The largest absolute Gasteiger partial charge is 0.424 e. The van der Waals surface area contributed by atoms with Gasteiger partial charge in [0, 0.05) is 18.0 Å². The molecule has 1 atom stereocenters. The van der Waals surface area contributed by atoms with Crippen LogP contribution in [0.25, 0.3) is 22.5 Å². The van der Waals surface area contributed by atoms with Gasteiger partial charge in [-0.05, 0) is 30.2 Å². The van der Waals surface area contributed by atoms with Crippen molar-refractivity contribution in [3.8, 4) is 11.4 Å². The Labute approximate surface area is 144 Å². The van der Waals surface area contributed by atoms with E-state index in [1.54, 1.807) is 12.4 Å². The van der Waals surface area contributed by atoms with Crippen molar-refractivity contribution >= 4 is 17.1 Å². The minimum Gasteiger partial charge on any atom is -0.424 e. The molecule has 1 unspecified atom stereocenters. The fourth-order valence-corrected chi connectivity index (χ4v) is 2.55. The smallest absolute Gasteiger partial charge is 0.296 e. The van der Waals surface area contributed by atoms with Crippen LogP contribution in [0.3, 0.4) is 0 Å². The number of nitrogens with one attached hydrogen (secondary N) is 1. The zero-order valence-corrected chi connectivity index (χ0v) is 13.9.